The zero-order valence-electron chi connectivity index (χ0n) is 13.1. The van der Waals surface area contributed by atoms with Crippen LogP contribution >= 0.6 is 23.1 Å². The number of unbranched alkanes of at least 4 members (excludes halogenated alkanes) is 1. The third-order valence-corrected chi connectivity index (χ3v) is 5.80. The molecular weight excluding hydrogens is 340 g/mol. The second-order valence-electron chi connectivity index (χ2n) is 5.38. The first-order valence-corrected chi connectivity index (χ1v) is 9.39. The summed E-state index contributed by atoms with van der Waals surface area (Å²) in [5.41, 5.74) is 8.44. The van der Waals surface area contributed by atoms with Crippen molar-refractivity contribution in [3.63, 3.8) is 0 Å². The second kappa shape index (κ2) is 6.37. The lowest BCUT2D eigenvalue weighted by Gasteiger charge is -2.05. The van der Waals surface area contributed by atoms with Crippen molar-refractivity contribution in [1.29, 1.82) is 0 Å². The lowest BCUT2D eigenvalue weighted by molar-refractivity contribution is 0.598. The minimum absolute atomic E-state index is 0.418. The molecule has 0 aliphatic carbocycles. The molecule has 2 N–H and O–H groups in total. The largest absolute Gasteiger partial charge is 0.382 e. The Balaban J connectivity index is 1.78. The molecule has 4 rings (SSSR count). The number of fused-ring (bicyclic) bond motifs is 2. The molecule has 0 saturated heterocycles. The normalized spacial score (nSPS) is 11.5. The SMILES string of the molecule is CCCCn1c(Sc2nc3ccccc3s2)nc2c(N)ncnc21. The molecule has 6 nitrogen and oxygen atoms in total. The molecule has 0 spiro atoms. The van der Waals surface area contributed by atoms with Gasteiger partial charge in [-0.05, 0) is 30.3 Å². The molecule has 122 valence electrons. The third kappa shape index (κ3) is 2.71. The molecule has 3 heterocycles. The van der Waals surface area contributed by atoms with Gasteiger partial charge in [0, 0.05) is 6.54 Å². The molecule has 8 heteroatoms. The van der Waals surface area contributed by atoms with Crippen LogP contribution in [0.2, 0.25) is 0 Å². The predicted octanol–water partition coefficient (Wildman–Crippen LogP) is 3.97. The van der Waals surface area contributed by atoms with Gasteiger partial charge < -0.3 is 10.3 Å². The fourth-order valence-corrected chi connectivity index (χ4v) is 4.58. The lowest BCUT2D eigenvalue weighted by Crippen LogP contribution is -2.01. The summed E-state index contributed by atoms with van der Waals surface area (Å²) in [5, 5.41) is 0.865. The highest BCUT2D eigenvalue weighted by Crippen LogP contribution is 2.35. The second-order valence-corrected chi connectivity index (χ2v) is 7.63. The molecule has 1 aromatic carbocycles. The zero-order valence-corrected chi connectivity index (χ0v) is 14.8. The molecule has 4 aromatic rings. The quantitative estimate of drug-likeness (QED) is 0.582. The topological polar surface area (TPSA) is 82.5 Å². The summed E-state index contributed by atoms with van der Waals surface area (Å²) in [4.78, 5) is 17.8. The third-order valence-electron chi connectivity index (χ3n) is 3.71. The molecule has 0 amide bonds. The Morgan fingerprint density at radius 3 is 2.92 bits per heavy atom. The Morgan fingerprint density at radius 2 is 2.08 bits per heavy atom. The summed E-state index contributed by atoms with van der Waals surface area (Å²) >= 11 is 3.23. The van der Waals surface area contributed by atoms with Gasteiger partial charge in [-0.2, -0.15) is 0 Å². The Hall–Kier alpha value is -2.19. The number of para-hydroxylation sites is 1. The molecule has 3 aromatic heterocycles. The van der Waals surface area contributed by atoms with Crippen molar-refractivity contribution in [2.75, 3.05) is 5.73 Å². The van der Waals surface area contributed by atoms with Crippen LogP contribution in [-0.2, 0) is 6.54 Å². The first kappa shape index (κ1) is 15.3. The number of nitrogens with zero attached hydrogens (tertiary/aromatic N) is 5. The fraction of sp³-hybridized carbons (Fsp3) is 0.250. The Morgan fingerprint density at radius 1 is 1.21 bits per heavy atom. The van der Waals surface area contributed by atoms with Crippen molar-refractivity contribution in [1.82, 2.24) is 24.5 Å². The minimum Gasteiger partial charge on any atom is -0.382 e. The standard InChI is InChI=1S/C16H16N6S2/c1-2-3-8-22-14-12(13(17)18-9-19-14)21-15(22)24-16-20-10-6-4-5-7-11(10)23-16/h4-7,9H,2-3,8H2,1H3,(H2,17,18,19). The van der Waals surface area contributed by atoms with Crippen LogP contribution in [0.15, 0.2) is 40.1 Å². The van der Waals surface area contributed by atoms with Gasteiger partial charge in [0.2, 0.25) is 0 Å². The van der Waals surface area contributed by atoms with Crippen molar-refractivity contribution < 1.29 is 0 Å². The first-order chi connectivity index (χ1) is 11.8. The van der Waals surface area contributed by atoms with Crippen LogP contribution in [0.4, 0.5) is 5.82 Å². The van der Waals surface area contributed by atoms with E-state index in [4.69, 9.17) is 5.73 Å². The van der Waals surface area contributed by atoms with E-state index < -0.39 is 0 Å². The molecule has 0 fully saturated rings. The van der Waals surface area contributed by atoms with Crippen LogP contribution in [0, 0.1) is 0 Å². The summed E-state index contributed by atoms with van der Waals surface area (Å²) < 4.78 is 4.26. The lowest BCUT2D eigenvalue weighted by atomic mass is 10.3. The maximum Gasteiger partial charge on any atom is 0.177 e. The number of imidazole rings is 1. The van der Waals surface area contributed by atoms with E-state index in [-0.39, 0.29) is 0 Å². The van der Waals surface area contributed by atoms with E-state index in [0.29, 0.717) is 11.3 Å². The van der Waals surface area contributed by atoms with Gasteiger partial charge in [-0.1, -0.05) is 25.5 Å². The minimum atomic E-state index is 0.418. The Bertz CT molecular complexity index is 973. The smallest absolute Gasteiger partial charge is 0.177 e. The van der Waals surface area contributed by atoms with Crippen LogP contribution in [0.3, 0.4) is 0 Å². The van der Waals surface area contributed by atoms with E-state index in [1.807, 2.05) is 18.2 Å². The zero-order chi connectivity index (χ0) is 16.5. The molecule has 0 aliphatic heterocycles. The summed E-state index contributed by atoms with van der Waals surface area (Å²) in [6.07, 6.45) is 3.65. The van der Waals surface area contributed by atoms with Crippen molar-refractivity contribution in [3.05, 3.63) is 30.6 Å². The fourth-order valence-electron chi connectivity index (χ4n) is 2.50. The Kier molecular flexibility index (Phi) is 4.07. The number of nitrogen functional groups attached to an aromatic ring is 1. The van der Waals surface area contributed by atoms with Gasteiger partial charge in [0.25, 0.3) is 0 Å². The first-order valence-electron chi connectivity index (χ1n) is 7.76. The van der Waals surface area contributed by atoms with Gasteiger partial charge in [0.15, 0.2) is 26.5 Å². The maximum absolute atomic E-state index is 5.97. The number of hydrogen-bond acceptors (Lipinski definition) is 7. The van der Waals surface area contributed by atoms with Crippen molar-refractivity contribution >= 4 is 50.3 Å². The number of aromatic nitrogens is 5. The molecule has 0 saturated carbocycles. The van der Waals surface area contributed by atoms with Crippen molar-refractivity contribution in [3.8, 4) is 0 Å². The molecular formula is C16H16N6S2. The highest BCUT2D eigenvalue weighted by molar-refractivity contribution is 8.01. The number of rotatable bonds is 5. The van der Waals surface area contributed by atoms with Gasteiger partial charge in [0.1, 0.15) is 6.33 Å². The number of anilines is 1. The average molecular weight is 356 g/mol. The van der Waals surface area contributed by atoms with E-state index in [1.54, 1.807) is 23.1 Å². The van der Waals surface area contributed by atoms with Crippen LogP contribution in [0.25, 0.3) is 21.4 Å². The number of benzene rings is 1. The summed E-state index contributed by atoms with van der Waals surface area (Å²) in [7, 11) is 0. The van der Waals surface area contributed by atoms with Crippen molar-refractivity contribution in [2.45, 2.75) is 35.8 Å². The number of nitrogens with two attached hydrogens (primary N) is 1. The Labute approximate surface area is 147 Å². The highest BCUT2D eigenvalue weighted by Gasteiger charge is 2.17. The summed E-state index contributed by atoms with van der Waals surface area (Å²) in [6, 6.07) is 8.14. The van der Waals surface area contributed by atoms with E-state index in [2.05, 4.69) is 37.5 Å². The highest BCUT2D eigenvalue weighted by atomic mass is 32.2. The van der Waals surface area contributed by atoms with E-state index >= 15 is 0 Å². The van der Waals surface area contributed by atoms with Crippen molar-refractivity contribution in [2.24, 2.45) is 0 Å². The van der Waals surface area contributed by atoms with Gasteiger partial charge in [-0.15, -0.1) is 11.3 Å². The molecule has 0 atom stereocenters. The molecule has 24 heavy (non-hydrogen) atoms. The summed E-state index contributed by atoms with van der Waals surface area (Å²) in [6.45, 7) is 3.03. The maximum atomic E-state index is 5.97. The number of hydrogen-bond donors (Lipinski definition) is 1. The molecule has 0 aliphatic rings. The van der Waals surface area contributed by atoms with Gasteiger partial charge in [-0.3, -0.25) is 0 Å². The van der Waals surface area contributed by atoms with Gasteiger partial charge in [-0.25, -0.2) is 19.9 Å². The van der Waals surface area contributed by atoms with E-state index in [1.165, 1.54) is 11.0 Å². The molecule has 0 radical (unpaired) electrons. The summed E-state index contributed by atoms with van der Waals surface area (Å²) in [5.74, 6) is 0.418. The molecule has 0 bridgehead atoms. The van der Waals surface area contributed by atoms with Crippen LogP contribution in [0.5, 0.6) is 0 Å². The van der Waals surface area contributed by atoms with E-state index in [9.17, 15) is 0 Å². The van der Waals surface area contributed by atoms with Crippen LogP contribution in [-0.4, -0.2) is 24.5 Å². The monoisotopic (exact) mass is 356 g/mol. The molecule has 0 unspecified atom stereocenters. The predicted molar refractivity (Wildman–Crippen MR) is 98.4 cm³/mol. The van der Waals surface area contributed by atoms with E-state index in [0.717, 1.165) is 40.0 Å². The number of aryl methyl sites for hydroxylation is 1. The van der Waals surface area contributed by atoms with Gasteiger partial charge >= 0.3 is 0 Å². The number of thiazole rings is 1. The van der Waals surface area contributed by atoms with Crippen LogP contribution in [0.1, 0.15) is 19.8 Å². The van der Waals surface area contributed by atoms with Gasteiger partial charge in [0.05, 0.1) is 10.2 Å². The van der Waals surface area contributed by atoms with Crippen LogP contribution < -0.4 is 5.73 Å². The average Bonchev–Trinajstić information content (AvgIpc) is 3.15.